The van der Waals surface area contributed by atoms with E-state index in [1.165, 1.54) is 4.90 Å². The van der Waals surface area contributed by atoms with E-state index in [-0.39, 0.29) is 24.3 Å². The Hall–Kier alpha value is -1.68. The Labute approximate surface area is 94.0 Å². The SMILES string of the molecule is Cc1ccccc1C(=O)N1CC(N)CC1=O. The number of rotatable bonds is 1. The minimum absolute atomic E-state index is 0.180. The van der Waals surface area contributed by atoms with Crippen molar-refractivity contribution in [2.75, 3.05) is 6.54 Å². The topological polar surface area (TPSA) is 63.4 Å². The van der Waals surface area contributed by atoms with Gasteiger partial charge in [-0.25, -0.2) is 0 Å². The van der Waals surface area contributed by atoms with Crippen LogP contribution in [0.1, 0.15) is 22.3 Å². The van der Waals surface area contributed by atoms with Gasteiger partial charge < -0.3 is 5.73 Å². The van der Waals surface area contributed by atoms with Gasteiger partial charge in [-0.3, -0.25) is 14.5 Å². The molecule has 2 N–H and O–H groups in total. The molecular formula is C12H14N2O2. The zero-order chi connectivity index (χ0) is 11.7. The van der Waals surface area contributed by atoms with Gasteiger partial charge in [-0.2, -0.15) is 0 Å². The van der Waals surface area contributed by atoms with E-state index in [1.807, 2.05) is 19.1 Å². The number of nitrogens with zero attached hydrogens (tertiary/aromatic N) is 1. The molecule has 0 spiro atoms. The van der Waals surface area contributed by atoms with Crippen molar-refractivity contribution in [2.45, 2.75) is 19.4 Å². The van der Waals surface area contributed by atoms with Crippen LogP contribution in [0.15, 0.2) is 24.3 Å². The Morgan fingerprint density at radius 2 is 2.12 bits per heavy atom. The van der Waals surface area contributed by atoms with Crippen LogP contribution in [0.2, 0.25) is 0 Å². The highest BCUT2D eigenvalue weighted by Gasteiger charge is 2.32. The number of amides is 2. The third kappa shape index (κ3) is 1.84. The molecule has 1 fully saturated rings. The van der Waals surface area contributed by atoms with E-state index in [9.17, 15) is 9.59 Å². The maximum atomic E-state index is 12.1. The molecule has 4 nitrogen and oxygen atoms in total. The van der Waals surface area contributed by atoms with Crippen molar-refractivity contribution >= 4 is 11.8 Å². The van der Waals surface area contributed by atoms with E-state index in [2.05, 4.69) is 0 Å². The van der Waals surface area contributed by atoms with Gasteiger partial charge in [-0.15, -0.1) is 0 Å². The quantitative estimate of drug-likeness (QED) is 0.705. The molecule has 0 saturated carbocycles. The summed E-state index contributed by atoms with van der Waals surface area (Å²) < 4.78 is 0. The second-order valence-corrected chi connectivity index (χ2v) is 4.09. The molecule has 0 aliphatic carbocycles. The molecule has 2 rings (SSSR count). The minimum atomic E-state index is -0.240. The molecular weight excluding hydrogens is 204 g/mol. The molecule has 1 saturated heterocycles. The van der Waals surface area contributed by atoms with Crippen molar-refractivity contribution in [3.8, 4) is 0 Å². The van der Waals surface area contributed by atoms with Gasteiger partial charge in [0.05, 0.1) is 0 Å². The van der Waals surface area contributed by atoms with Crippen LogP contribution in [0.4, 0.5) is 0 Å². The van der Waals surface area contributed by atoms with Gasteiger partial charge in [0.1, 0.15) is 0 Å². The summed E-state index contributed by atoms with van der Waals surface area (Å²) in [5.41, 5.74) is 7.10. The average Bonchev–Trinajstić information content (AvgIpc) is 2.58. The van der Waals surface area contributed by atoms with E-state index in [4.69, 9.17) is 5.73 Å². The molecule has 1 aliphatic rings. The fraction of sp³-hybridized carbons (Fsp3) is 0.333. The Morgan fingerprint density at radius 1 is 1.44 bits per heavy atom. The number of imide groups is 1. The first-order chi connectivity index (χ1) is 7.59. The molecule has 1 heterocycles. The summed E-state index contributed by atoms with van der Waals surface area (Å²) in [7, 11) is 0. The predicted molar refractivity (Wildman–Crippen MR) is 59.8 cm³/mol. The van der Waals surface area contributed by atoms with Crippen LogP contribution < -0.4 is 5.73 Å². The van der Waals surface area contributed by atoms with Crippen LogP contribution in [0.5, 0.6) is 0 Å². The highest BCUT2D eigenvalue weighted by atomic mass is 16.2. The molecule has 0 bridgehead atoms. The van der Waals surface area contributed by atoms with Crippen LogP contribution in [0, 0.1) is 6.92 Å². The third-order valence-corrected chi connectivity index (χ3v) is 2.78. The van der Waals surface area contributed by atoms with Crippen LogP contribution in [0.25, 0.3) is 0 Å². The second kappa shape index (κ2) is 4.06. The molecule has 0 radical (unpaired) electrons. The summed E-state index contributed by atoms with van der Waals surface area (Å²) in [6, 6.07) is 7.02. The number of nitrogens with two attached hydrogens (primary N) is 1. The molecule has 4 heteroatoms. The zero-order valence-electron chi connectivity index (χ0n) is 9.14. The van der Waals surface area contributed by atoms with Crippen molar-refractivity contribution < 1.29 is 9.59 Å². The Bertz CT molecular complexity index is 442. The maximum Gasteiger partial charge on any atom is 0.260 e. The smallest absolute Gasteiger partial charge is 0.260 e. The molecule has 1 aromatic rings. The summed E-state index contributed by atoms with van der Waals surface area (Å²) in [6.07, 6.45) is 0.262. The van der Waals surface area contributed by atoms with E-state index in [0.29, 0.717) is 12.1 Å². The first-order valence-electron chi connectivity index (χ1n) is 5.25. The molecule has 1 atom stereocenters. The van der Waals surface area contributed by atoms with Gasteiger partial charge in [0.15, 0.2) is 0 Å². The van der Waals surface area contributed by atoms with Gasteiger partial charge in [0.25, 0.3) is 5.91 Å². The number of hydrogen-bond donors (Lipinski definition) is 1. The van der Waals surface area contributed by atoms with Crippen molar-refractivity contribution in [1.82, 2.24) is 4.90 Å². The normalized spacial score (nSPS) is 20.2. The lowest BCUT2D eigenvalue weighted by Gasteiger charge is -2.15. The fourth-order valence-electron chi connectivity index (χ4n) is 1.89. The number of likely N-dealkylation sites (tertiary alicyclic amines) is 1. The monoisotopic (exact) mass is 218 g/mol. The highest BCUT2D eigenvalue weighted by Crippen LogP contribution is 2.16. The Morgan fingerprint density at radius 3 is 2.69 bits per heavy atom. The van der Waals surface area contributed by atoms with Crippen LogP contribution in [0.3, 0.4) is 0 Å². The lowest BCUT2D eigenvalue weighted by molar-refractivity contribution is -0.125. The van der Waals surface area contributed by atoms with Crippen molar-refractivity contribution in [3.05, 3.63) is 35.4 Å². The predicted octanol–water partition coefficient (Wildman–Crippen LogP) is 0.695. The number of benzene rings is 1. The summed E-state index contributed by atoms with van der Waals surface area (Å²) in [5, 5.41) is 0. The van der Waals surface area contributed by atoms with Crippen molar-refractivity contribution in [1.29, 1.82) is 0 Å². The summed E-state index contributed by atoms with van der Waals surface area (Å²) in [5.74, 6) is -0.420. The average molecular weight is 218 g/mol. The second-order valence-electron chi connectivity index (χ2n) is 4.09. The summed E-state index contributed by atoms with van der Waals surface area (Å²) in [4.78, 5) is 24.9. The maximum absolute atomic E-state index is 12.1. The van der Waals surface area contributed by atoms with E-state index in [0.717, 1.165) is 5.56 Å². The lowest BCUT2D eigenvalue weighted by Crippen LogP contribution is -2.34. The lowest BCUT2D eigenvalue weighted by atomic mass is 10.1. The van der Waals surface area contributed by atoms with Gasteiger partial charge in [-0.05, 0) is 18.6 Å². The van der Waals surface area contributed by atoms with Crippen LogP contribution in [-0.2, 0) is 4.79 Å². The summed E-state index contributed by atoms with van der Waals surface area (Å²) in [6.45, 7) is 2.18. The van der Waals surface area contributed by atoms with Gasteiger partial charge >= 0.3 is 0 Å². The minimum Gasteiger partial charge on any atom is -0.326 e. The fourth-order valence-corrected chi connectivity index (χ4v) is 1.89. The van der Waals surface area contributed by atoms with Crippen LogP contribution >= 0.6 is 0 Å². The van der Waals surface area contributed by atoms with E-state index < -0.39 is 0 Å². The number of carbonyl (C=O) groups excluding carboxylic acids is 2. The van der Waals surface area contributed by atoms with Crippen molar-refractivity contribution in [2.24, 2.45) is 5.73 Å². The van der Waals surface area contributed by atoms with E-state index in [1.54, 1.807) is 12.1 Å². The van der Waals surface area contributed by atoms with Gasteiger partial charge in [-0.1, -0.05) is 18.2 Å². The Balaban J connectivity index is 2.27. The highest BCUT2D eigenvalue weighted by molar-refractivity contribution is 6.06. The third-order valence-electron chi connectivity index (χ3n) is 2.78. The number of hydrogen-bond acceptors (Lipinski definition) is 3. The number of aryl methyl sites for hydroxylation is 1. The first kappa shape index (κ1) is 10.8. The molecule has 2 amide bonds. The molecule has 84 valence electrons. The van der Waals surface area contributed by atoms with Gasteiger partial charge in [0.2, 0.25) is 5.91 Å². The number of carbonyl (C=O) groups is 2. The van der Waals surface area contributed by atoms with Crippen molar-refractivity contribution in [3.63, 3.8) is 0 Å². The summed E-state index contributed by atoms with van der Waals surface area (Å²) >= 11 is 0. The molecule has 1 aliphatic heterocycles. The van der Waals surface area contributed by atoms with E-state index >= 15 is 0 Å². The largest absolute Gasteiger partial charge is 0.326 e. The zero-order valence-corrected chi connectivity index (χ0v) is 9.14. The molecule has 1 aromatic carbocycles. The molecule has 16 heavy (non-hydrogen) atoms. The molecule has 0 aromatic heterocycles. The Kier molecular flexibility index (Phi) is 2.75. The van der Waals surface area contributed by atoms with Gasteiger partial charge in [0, 0.05) is 24.6 Å². The first-order valence-corrected chi connectivity index (χ1v) is 5.25. The standard InChI is InChI=1S/C12H14N2O2/c1-8-4-2-3-5-10(8)12(16)14-7-9(13)6-11(14)15/h2-5,9H,6-7,13H2,1H3. The van der Waals surface area contributed by atoms with Crippen LogP contribution in [-0.4, -0.2) is 29.3 Å². The molecule has 1 unspecified atom stereocenters.